The van der Waals surface area contributed by atoms with Crippen molar-refractivity contribution < 1.29 is 13.5 Å². The molecule has 1 aromatic rings. The van der Waals surface area contributed by atoms with Gasteiger partial charge in [0.2, 0.25) is 10.0 Å². The van der Waals surface area contributed by atoms with E-state index in [-0.39, 0.29) is 39.8 Å². The fraction of sp³-hybridized carbons (Fsp3) is 0.538. The molecule has 0 fully saturated rings. The highest BCUT2D eigenvalue weighted by atomic mass is 35.5. The normalized spacial score (nSPS) is 12.3. The Morgan fingerprint density at radius 2 is 1.86 bits per heavy atom. The van der Waals surface area contributed by atoms with Crippen molar-refractivity contribution in [2.24, 2.45) is 0 Å². The van der Waals surface area contributed by atoms with Crippen LogP contribution in [0.15, 0.2) is 17.0 Å². The quantitative estimate of drug-likeness (QED) is 0.737. The van der Waals surface area contributed by atoms with Gasteiger partial charge in [-0.2, -0.15) is 4.31 Å². The fourth-order valence-electron chi connectivity index (χ4n) is 2.17. The lowest BCUT2D eigenvalue weighted by molar-refractivity contribution is 0.219. The van der Waals surface area contributed by atoms with Crippen LogP contribution in [0, 0.1) is 0 Å². The van der Waals surface area contributed by atoms with Crippen LogP contribution in [-0.4, -0.2) is 37.0 Å². The third-order valence-electron chi connectivity index (χ3n) is 3.35. The molecule has 0 atom stereocenters. The minimum Gasteiger partial charge on any atom is -0.396 e. The molecular formula is C13H20Cl2N2O3S. The second-order valence-electron chi connectivity index (χ2n) is 4.58. The molecule has 0 amide bonds. The number of hydrogen-bond acceptors (Lipinski definition) is 4. The maximum absolute atomic E-state index is 12.8. The molecule has 0 bridgehead atoms. The molecule has 8 heteroatoms. The first-order valence-electron chi connectivity index (χ1n) is 6.67. The molecule has 0 aliphatic carbocycles. The number of aliphatic hydroxyl groups excluding tert-OH is 1. The number of aliphatic hydroxyl groups is 1. The molecule has 0 unspecified atom stereocenters. The molecule has 0 saturated carbocycles. The Hall–Kier alpha value is -0.530. The van der Waals surface area contributed by atoms with Gasteiger partial charge in [-0.1, -0.05) is 37.0 Å². The Kier molecular flexibility index (Phi) is 6.74. The molecule has 1 aromatic carbocycles. The monoisotopic (exact) mass is 354 g/mol. The Morgan fingerprint density at radius 1 is 1.29 bits per heavy atom. The zero-order valence-corrected chi connectivity index (χ0v) is 14.3. The van der Waals surface area contributed by atoms with E-state index in [1.807, 2.05) is 13.8 Å². The summed E-state index contributed by atoms with van der Waals surface area (Å²) in [5.74, 6) is 0. The summed E-state index contributed by atoms with van der Waals surface area (Å²) in [7, 11) is -3.85. The highest BCUT2D eigenvalue weighted by Gasteiger charge is 2.31. The second-order valence-corrected chi connectivity index (χ2v) is 7.23. The standard InChI is InChI=1S/C13H20Cl2N2O3S/c1-3-9(4-2)17(7-8-18)21(19,20)11-6-5-10(14)13(16)12(11)15/h5-6,9,18H,3-4,7-8,16H2,1-2H3. The van der Waals surface area contributed by atoms with Crippen molar-refractivity contribution in [2.75, 3.05) is 18.9 Å². The minimum absolute atomic E-state index is 0.00748. The van der Waals surface area contributed by atoms with Gasteiger partial charge in [-0.25, -0.2) is 8.42 Å². The van der Waals surface area contributed by atoms with Crippen LogP contribution in [0.3, 0.4) is 0 Å². The van der Waals surface area contributed by atoms with Gasteiger partial charge in [0.05, 0.1) is 22.3 Å². The lowest BCUT2D eigenvalue weighted by Crippen LogP contribution is -2.41. The summed E-state index contributed by atoms with van der Waals surface area (Å²) in [4.78, 5) is -0.0913. The van der Waals surface area contributed by atoms with Crippen molar-refractivity contribution >= 4 is 38.9 Å². The predicted molar refractivity (Wildman–Crippen MR) is 86.2 cm³/mol. The number of benzene rings is 1. The van der Waals surface area contributed by atoms with Crippen molar-refractivity contribution in [3.8, 4) is 0 Å². The molecule has 0 saturated heterocycles. The van der Waals surface area contributed by atoms with E-state index in [0.717, 1.165) is 0 Å². The predicted octanol–water partition coefficient (Wildman–Crippen LogP) is 2.75. The first-order chi connectivity index (χ1) is 9.81. The largest absolute Gasteiger partial charge is 0.396 e. The number of nitrogens with two attached hydrogens (primary N) is 1. The van der Waals surface area contributed by atoms with Crippen LogP contribution in [-0.2, 0) is 10.0 Å². The smallest absolute Gasteiger partial charge is 0.244 e. The molecule has 0 heterocycles. The zero-order valence-electron chi connectivity index (χ0n) is 12.0. The number of halogens is 2. The summed E-state index contributed by atoms with van der Waals surface area (Å²) in [5, 5.41) is 9.29. The topological polar surface area (TPSA) is 83.6 Å². The van der Waals surface area contributed by atoms with E-state index in [0.29, 0.717) is 12.8 Å². The summed E-state index contributed by atoms with van der Waals surface area (Å²) in [6.45, 7) is 3.53. The summed E-state index contributed by atoms with van der Waals surface area (Å²) in [6.07, 6.45) is 1.27. The SMILES string of the molecule is CCC(CC)N(CCO)S(=O)(=O)c1ccc(Cl)c(N)c1Cl. The maximum Gasteiger partial charge on any atom is 0.244 e. The Bertz CT molecular complexity index is 589. The van der Waals surface area contributed by atoms with Gasteiger partial charge in [-0.05, 0) is 25.0 Å². The van der Waals surface area contributed by atoms with Crippen LogP contribution in [0.5, 0.6) is 0 Å². The molecule has 0 aromatic heterocycles. The van der Waals surface area contributed by atoms with Crippen LogP contribution in [0.2, 0.25) is 10.0 Å². The van der Waals surface area contributed by atoms with E-state index in [4.69, 9.17) is 34.0 Å². The van der Waals surface area contributed by atoms with Gasteiger partial charge < -0.3 is 10.8 Å². The molecule has 21 heavy (non-hydrogen) atoms. The Balaban J connectivity index is 3.39. The number of nitrogen functional groups attached to an aromatic ring is 1. The molecule has 5 nitrogen and oxygen atoms in total. The van der Waals surface area contributed by atoms with Gasteiger partial charge in [0.15, 0.2) is 0 Å². The molecule has 0 aliphatic heterocycles. The van der Waals surface area contributed by atoms with Gasteiger partial charge in [-0.3, -0.25) is 0 Å². The second kappa shape index (κ2) is 7.65. The number of hydrogen-bond donors (Lipinski definition) is 2. The highest BCUT2D eigenvalue weighted by molar-refractivity contribution is 7.89. The Morgan fingerprint density at radius 3 is 2.33 bits per heavy atom. The number of sulfonamides is 1. The van der Waals surface area contributed by atoms with Gasteiger partial charge in [0.25, 0.3) is 0 Å². The van der Waals surface area contributed by atoms with E-state index >= 15 is 0 Å². The maximum atomic E-state index is 12.8. The van der Waals surface area contributed by atoms with E-state index in [2.05, 4.69) is 0 Å². The average Bonchev–Trinajstić information content (AvgIpc) is 2.44. The first kappa shape index (κ1) is 18.5. The van der Waals surface area contributed by atoms with Crippen LogP contribution in [0.4, 0.5) is 5.69 Å². The highest BCUT2D eigenvalue weighted by Crippen LogP contribution is 2.35. The molecule has 3 N–H and O–H groups in total. The summed E-state index contributed by atoms with van der Waals surface area (Å²) < 4.78 is 26.9. The lowest BCUT2D eigenvalue weighted by Gasteiger charge is -2.29. The first-order valence-corrected chi connectivity index (χ1v) is 8.86. The molecule has 0 spiro atoms. The third kappa shape index (κ3) is 3.81. The van der Waals surface area contributed by atoms with Crippen molar-refractivity contribution in [1.29, 1.82) is 0 Å². The zero-order chi connectivity index (χ0) is 16.2. The summed E-state index contributed by atoms with van der Waals surface area (Å²) >= 11 is 11.9. The van der Waals surface area contributed by atoms with Gasteiger partial charge >= 0.3 is 0 Å². The Labute approximate surface area is 135 Å². The van der Waals surface area contributed by atoms with Crippen LogP contribution >= 0.6 is 23.2 Å². The number of nitrogens with zero attached hydrogens (tertiary/aromatic N) is 1. The fourth-order valence-corrected chi connectivity index (χ4v) is 4.67. The molecule has 1 rings (SSSR count). The van der Waals surface area contributed by atoms with Crippen LogP contribution in [0.1, 0.15) is 26.7 Å². The summed E-state index contributed by atoms with van der Waals surface area (Å²) in [6, 6.07) is 2.53. The van der Waals surface area contributed by atoms with Crippen molar-refractivity contribution in [3.05, 3.63) is 22.2 Å². The van der Waals surface area contributed by atoms with E-state index in [9.17, 15) is 8.42 Å². The average molecular weight is 355 g/mol. The lowest BCUT2D eigenvalue weighted by atomic mass is 10.2. The van der Waals surface area contributed by atoms with E-state index in [1.165, 1.54) is 16.4 Å². The third-order valence-corrected chi connectivity index (χ3v) is 6.19. The van der Waals surface area contributed by atoms with Gasteiger partial charge in [0.1, 0.15) is 4.90 Å². The molecule has 0 aliphatic rings. The molecular weight excluding hydrogens is 335 g/mol. The molecule has 120 valence electrons. The van der Waals surface area contributed by atoms with Gasteiger partial charge in [-0.15, -0.1) is 0 Å². The van der Waals surface area contributed by atoms with Crippen molar-refractivity contribution in [1.82, 2.24) is 4.31 Å². The van der Waals surface area contributed by atoms with Crippen LogP contribution in [0.25, 0.3) is 0 Å². The molecule has 0 radical (unpaired) electrons. The van der Waals surface area contributed by atoms with Crippen molar-refractivity contribution in [3.63, 3.8) is 0 Å². The van der Waals surface area contributed by atoms with Crippen LogP contribution < -0.4 is 5.73 Å². The summed E-state index contributed by atoms with van der Waals surface area (Å²) in [5.41, 5.74) is 5.73. The number of rotatable bonds is 7. The van der Waals surface area contributed by atoms with E-state index < -0.39 is 10.0 Å². The minimum atomic E-state index is -3.85. The van der Waals surface area contributed by atoms with E-state index in [1.54, 1.807) is 0 Å². The van der Waals surface area contributed by atoms with Gasteiger partial charge in [0, 0.05) is 12.6 Å². The number of anilines is 1. The van der Waals surface area contributed by atoms with Crippen molar-refractivity contribution in [2.45, 2.75) is 37.6 Å².